The van der Waals surface area contributed by atoms with Gasteiger partial charge in [0.05, 0.1) is 19.3 Å². The van der Waals surface area contributed by atoms with Crippen LogP contribution in [0.5, 0.6) is 0 Å². The number of nitrogens with zero attached hydrogens (tertiary/aromatic N) is 2. The molecule has 0 saturated carbocycles. The second-order valence-corrected chi connectivity index (χ2v) is 7.75. The van der Waals surface area contributed by atoms with Gasteiger partial charge in [-0.15, -0.1) is 0 Å². The van der Waals surface area contributed by atoms with Crippen molar-refractivity contribution in [3.8, 4) is 0 Å². The SMILES string of the molecule is Cc1ccc(C(=O)C2CCN(CC(=O)N3CCOC(C)C3)CC2)c(C)c1. The van der Waals surface area contributed by atoms with Gasteiger partial charge >= 0.3 is 0 Å². The number of ether oxygens (including phenoxy) is 1. The number of aryl methyl sites for hydroxylation is 2. The van der Waals surface area contributed by atoms with E-state index in [-0.39, 0.29) is 23.7 Å². The van der Waals surface area contributed by atoms with Gasteiger partial charge in [0.25, 0.3) is 0 Å². The minimum Gasteiger partial charge on any atom is -0.375 e. The molecule has 1 aromatic rings. The number of likely N-dealkylation sites (tertiary alicyclic amines) is 1. The quantitative estimate of drug-likeness (QED) is 0.776. The van der Waals surface area contributed by atoms with Gasteiger partial charge in [-0.3, -0.25) is 14.5 Å². The van der Waals surface area contributed by atoms with Crippen molar-refractivity contribution in [2.45, 2.75) is 39.7 Å². The summed E-state index contributed by atoms with van der Waals surface area (Å²) < 4.78 is 5.50. The molecule has 1 atom stereocenters. The Labute approximate surface area is 156 Å². The first-order valence-electron chi connectivity index (χ1n) is 9.67. The van der Waals surface area contributed by atoms with Crippen LogP contribution in [0.3, 0.4) is 0 Å². The van der Waals surface area contributed by atoms with Crippen molar-refractivity contribution in [3.05, 3.63) is 34.9 Å². The molecular weight excluding hydrogens is 328 g/mol. The van der Waals surface area contributed by atoms with Crippen LogP contribution in [0.15, 0.2) is 18.2 Å². The molecule has 1 aromatic carbocycles. The monoisotopic (exact) mass is 358 g/mol. The maximum atomic E-state index is 12.8. The molecule has 2 heterocycles. The third kappa shape index (κ3) is 4.51. The minimum atomic E-state index is 0.0752. The van der Waals surface area contributed by atoms with Crippen LogP contribution in [0.4, 0.5) is 0 Å². The number of ketones is 1. The van der Waals surface area contributed by atoms with Crippen molar-refractivity contribution in [3.63, 3.8) is 0 Å². The third-order valence-electron chi connectivity index (χ3n) is 5.56. The lowest BCUT2D eigenvalue weighted by Gasteiger charge is -2.35. The summed E-state index contributed by atoms with van der Waals surface area (Å²) in [5.41, 5.74) is 3.10. The van der Waals surface area contributed by atoms with Gasteiger partial charge in [0.2, 0.25) is 5.91 Å². The fourth-order valence-corrected chi connectivity index (χ4v) is 4.00. The zero-order chi connectivity index (χ0) is 18.7. The average Bonchev–Trinajstić information content (AvgIpc) is 2.62. The van der Waals surface area contributed by atoms with Crippen LogP contribution in [0.25, 0.3) is 0 Å². The molecule has 5 heteroatoms. The zero-order valence-electron chi connectivity index (χ0n) is 16.2. The van der Waals surface area contributed by atoms with Gasteiger partial charge in [0.15, 0.2) is 5.78 Å². The second kappa shape index (κ2) is 8.31. The van der Waals surface area contributed by atoms with E-state index in [0.29, 0.717) is 26.2 Å². The van der Waals surface area contributed by atoms with Crippen LogP contribution in [0.1, 0.15) is 41.3 Å². The number of piperidine rings is 1. The highest BCUT2D eigenvalue weighted by Crippen LogP contribution is 2.24. The third-order valence-corrected chi connectivity index (χ3v) is 5.56. The molecule has 2 aliphatic rings. The Balaban J connectivity index is 1.51. The highest BCUT2D eigenvalue weighted by Gasteiger charge is 2.29. The molecule has 0 aliphatic carbocycles. The molecule has 5 nitrogen and oxygen atoms in total. The van der Waals surface area contributed by atoms with E-state index < -0.39 is 0 Å². The summed E-state index contributed by atoms with van der Waals surface area (Å²) in [4.78, 5) is 29.4. The number of morpholine rings is 1. The van der Waals surface area contributed by atoms with E-state index in [2.05, 4.69) is 11.0 Å². The number of amides is 1. The van der Waals surface area contributed by atoms with Gasteiger partial charge in [-0.1, -0.05) is 23.8 Å². The molecule has 1 amide bonds. The Bertz CT molecular complexity index is 665. The number of carbonyl (C=O) groups is 2. The average molecular weight is 358 g/mol. The molecule has 2 saturated heterocycles. The van der Waals surface area contributed by atoms with Gasteiger partial charge in [-0.2, -0.15) is 0 Å². The highest BCUT2D eigenvalue weighted by molar-refractivity contribution is 5.99. The second-order valence-electron chi connectivity index (χ2n) is 7.75. The van der Waals surface area contributed by atoms with E-state index in [1.165, 1.54) is 5.56 Å². The lowest BCUT2D eigenvalue weighted by Crippen LogP contribution is -2.49. The summed E-state index contributed by atoms with van der Waals surface area (Å²) in [7, 11) is 0. The van der Waals surface area contributed by atoms with E-state index >= 15 is 0 Å². The van der Waals surface area contributed by atoms with Crippen LogP contribution in [-0.4, -0.2) is 66.9 Å². The summed E-state index contributed by atoms with van der Waals surface area (Å²) in [6.45, 7) is 10.1. The first kappa shape index (κ1) is 19.1. The van der Waals surface area contributed by atoms with E-state index in [1.54, 1.807) is 0 Å². The van der Waals surface area contributed by atoms with Crippen molar-refractivity contribution in [1.82, 2.24) is 9.80 Å². The molecule has 0 bridgehead atoms. The predicted octanol–water partition coefficient (Wildman–Crippen LogP) is 2.45. The van der Waals surface area contributed by atoms with Gasteiger partial charge in [0, 0.05) is 24.6 Å². The molecule has 2 fully saturated rings. The Morgan fingerprint density at radius 2 is 1.88 bits per heavy atom. The number of hydrogen-bond donors (Lipinski definition) is 0. The summed E-state index contributed by atoms with van der Waals surface area (Å²) >= 11 is 0. The molecule has 0 radical (unpaired) electrons. The predicted molar refractivity (Wildman–Crippen MR) is 101 cm³/mol. The number of hydrogen-bond acceptors (Lipinski definition) is 4. The number of rotatable bonds is 4. The summed E-state index contributed by atoms with van der Waals surface area (Å²) in [6, 6.07) is 6.05. The molecule has 3 rings (SSSR count). The summed E-state index contributed by atoms with van der Waals surface area (Å²) in [6.07, 6.45) is 1.78. The molecule has 142 valence electrons. The molecule has 26 heavy (non-hydrogen) atoms. The number of benzene rings is 1. The van der Waals surface area contributed by atoms with Crippen LogP contribution in [0, 0.1) is 19.8 Å². The molecule has 2 aliphatic heterocycles. The standard InChI is InChI=1S/C21H30N2O3/c1-15-4-5-19(16(2)12-15)21(25)18-6-8-22(9-7-18)14-20(24)23-10-11-26-17(3)13-23/h4-5,12,17-18H,6-11,13-14H2,1-3H3. The molecule has 1 unspecified atom stereocenters. The van der Waals surface area contributed by atoms with Crippen molar-refractivity contribution >= 4 is 11.7 Å². The van der Waals surface area contributed by atoms with E-state index in [4.69, 9.17) is 4.74 Å². The minimum absolute atomic E-state index is 0.0752. The molecule has 0 aromatic heterocycles. The normalized spacial score (nSPS) is 22.4. The Kier molecular flexibility index (Phi) is 6.09. The summed E-state index contributed by atoms with van der Waals surface area (Å²) in [5.74, 6) is 0.515. The smallest absolute Gasteiger partial charge is 0.236 e. The fraction of sp³-hybridized carbons (Fsp3) is 0.619. The van der Waals surface area contributed by atoms with Crippen molar-refractivity contribution in [2.75, 3.05) is 39.3 Å². The molecule has 0 N–H and O–H groups in total. The Morgan fingerprint density at radius 3 is 2.54 bits per heavy atom. The van der Waals surface area contributed by atoms with Crippen LogP contribution in [-0.2, 0) is 9.53 Å². The first-order chi connectivity index (χ1) is 12.4. The summed E-state index contributed by atoms with van der Waals surface area (Å²) in [5, 5.41) is 0. The molecular formula is C21H30N2O3. The van der Waals surface area contributed by atoms with Gasteiger partial charge in [0.1, 0.15) is 0 Å². The maximum absolute atomic E-state index is 12.8. The van der Waals surface area contributed by atoms with Crippen molar-refractivity contribution < 1.29 is 14.3 Å². The van der Waals surface area contributed by atoms with Crippen LogP contribution >= 0.6 is 0 Å². The van der Waals surface area contributed by atoms with E-state index in [1.807, 2.05) is 37.8 Å². The number of Topliss-reactive ketones (excluding diaryl/α,β-unsaturated/α-hetero) is 1. The Morgan fingerprint density at radius 1 is 1.15 bits per heavy atom. The largest absolute Gasteiger partial charge is 0.375 e. The van der Waals surface area contributed by atoms with Gasteiger partial charge in [-0.25, -0.2) is 0 Å². The van der Waals surface area contributed by atoms with Crippen LogP contribution < -0.4 is 0 Å². The lowest BCUT2D eigenvalue weighted by atomic mass is 9.87. The Hall–Kier alpha value is -1.72. The fourth-order valence-electron chi connectivity index (χ4n) is 4.00. The topological polar surface area (TPSA) is 49.9 Å². The van der Waals surface area contributed by atoms with Gasteiger partial charge < -0.3 is 9.64 Å². The number of carbonyl (C=O) groups excluding carboxylic acids is 2. The van der Waals surface area contributed by atoms with Crippen LogP contribution in [0.2, 0.25) is 0 Å². The lowest BCUT2D eigenvalue weighted by molar-refractivity contribution is -0.139. The van der Waals surface area contributed by atoms with Crippen molar-refractivity contribution in [1.29, 1.82) is 0 Å². The first-order valence-corrected chi connectivity index (χ1v) is 9.67. The van der Waals surface area contributed by atoms with E-state index in [9.17, 15) is 9.59 Å². The van der Waals surface area contributed by atoms with E-state index in [0.717, 1.165) is 37.1 Å². The highest BCUT2D eigenvalue weighted by atomic mass is 16.5. The van der Waals surface area contributed by atoms with Crippen molar-refractivity contribution in [2.24, 2.45) is 5.92 Å². The van der Waals surface area contributed by atoms with Gasteiger partial charge in [-0.05, 0) is 52.3 Å². The maximum Gasteiger partial charge on any atom is 0.236 e. The molecule has 0 spiro atoms. The zero-order valence-corrected chi connectivity index (χ0v) is 16.2.